The van der Waals surface area contributed by atoms with E-state index in [0.717, 1.165) is 0 Å². The molecule has 0 bridgehead atoms. The number of rotatable bonds is 4. The zero-order valence-corrected chi connectivity index (χ0v) is 9.66. The Morgan fingerprint density at radius 2 is 1.69 bits per heavy atom. The Bertz CT molecular complexity index is 345. The lowest BCUT2D eigenvalue weighted by Crippen LogP contribution is -2.39. The average Bonchev–Trinajstić information content (AvgIpc) is 2.25. The minimum absolute atomic E-state index is 0.0586. The van der Waals surface area contributed by atoms with Crippen molar-refractivity contribution in [3.05, 3.63) is 11.1 Å². The van der Waals surface area contributed by atoms with Gasteiger partial charge in [-0.25, -0.2) is 9.59 Å². The van der Waals surface area contributed by atoms with E-state index < -0.39 is 23.9 Å². The summed E-state index contributed by atoms with van der Waals surface area (Å²) in [4.78, 5) is 33.1. The fourth-order valence-corrected chi connectivity index (χ4v) is 0.871. The molecule has 1 amide bonds. The van der Waals surface area contributed by atoms with Gasteiger partial charge in [0.1, 0.15) is 6.04 Å². The third-order valence-corrected chi connectivity index (χ3v) is 2.13. The average molecular weight is 229 g/mol. The van der Waals surface area contributed by atoms with Gasteiger partial charge in [-0.05, 0) is 20.8 Å². The molecule has 1 atom stereocenters. The molecule has 0 aromatic rings. The number of carboxylic acid groups (broad SMARTS) is 1. The molecule has 0 aliphatic rings. The van der Waals surface area contributed by atoms with Gasteiger partial charge >= 0.3 is 11.9 Å². The van der Waals surface area contributed by atoms with E-state index in [1.54, 1.807) is 0 Å². The summed E-state index contributed by atoms with van der Waals surface area (Å²) in [5.41, 5.74) is -0.00202. The predicted molar refractivity (Wildman–Crippen MR) is 55.6 cm³/mol. The van der Waals surface area contributed by atoms with Gasteiger partial charge in [-0.2, -0.15) is 0 Å². The molecule has 2 N–H and O–H groups in total. The highest BCUT2D eigenvalue weighted by Crippen LogP contribution is 2.04. The molecule has 6 nitrogen and oxygen atoms in total. The number of carbonyl (C=O) groups is 3. The number of carboxylic acids is 1. The first-order valence-corrected chi connectivity index (χ1v) is 4.60. The van der Waals surface area contributed by atoms with Crippen LogP contribution in [0.25, 0.3) is 0 Å². The zero-order chi connectivity index (χ0) is 12.9. The van der Waals surface area contributed by atoms with Crippen LogP contribution in [0.15, 0.2) is 11.1 Å². The highest BCUT2D eigenvalue weighted by Gasteiger charge is 2.18. The number of aliphatic carboxylic acids is 1. The minimum Gasteiger partial charge on any atom is -0.478 e. The topological polar surface area (TPSA) is 92.7 Å². The summed E-state index contributed by atoms with van der Waals surface area (Å²) < 4.78 is 4.41. The Labute approximate surface area is 93.3 Å². The first-order valence-electron chi connectivity index (χ1n) is 4.60. The summed E-state index contributed by atoms with van der Waals surface area (Å²) in [5.74, 6) is -2.36. The van der Waals surface area contributed by atoms with Crippen LogP contribution in [0.4, 0.5) is 0 Å². The molecule has 0 heterocycles. The van der Waals surface area contributed by atoms with Gasteiger partial charge in [-0.3, -0.25) is 4.79 Å². The molecule has 0 saturated heterocycles. The van der Waals surface area contributed by atoms with E-state index in [1.807, 2.05) is 0 Å². The molecule has 90 valence electrons. The molecule has 1 unspecified atom stereocenters. The number of ether oxygens (including phenoxy) is 1. The van der Waals surface area contributed by atoms with Crippen LogP contribution < -0.4 is 5.32 Å². The first kappa shape index (κ1) is 14.2. The molecule has 0 aromatic heterocycles. The molecule has 0 aliphatic carbocycles. The third kappa shape index (κ3) is 3.72. The van der Waals surface area contributed by atoms with E-state index in [1.165, 1.54) is 27.9 Å². The summed E-state index contributed by atoms with van der Waals surface area (Å²) in [7, 11) is 1.20. The first-order chi connectivity index (χ1) is 7.31. The monoisotopic (exact) mass is 229 g/mol. The third-order valence-electron chi connectivity index (χ3n) is 2.13. The number of nitrogens with one attached hydrogen (secondary N) is 1. The van der Waals surface area contributed by atoms with Crippen LogP contribution in [-0.2, 0) is 19.1 Å². The van der Waals surface area contributed by atoms with Gasteiger partial charge in [-0.1, -0.05) is 0 Å². The van der Waals surface area contributed by atoms with Gasteiger partial charge in [0, 0.05) is 11.1 Å². The quantitative estimate of drug-likeness (QED) is 0.526. The Hall–Kier alpha value is -1.85. The van der Waals surface area contributed by atoms with Gasteiger partial charge in [0.15, 0.2) is 0 Å². The maximum atomic E-state index is 11.5. The van der Waals surface area contributed by atoms with Crippen LogP contribution in [0.2, 0.25) is 0 Å². The van der Waals surface area contributed by atoms with Crippen molar-refractivity contribution in [3.8, 4) is 0 Å². The summed E-state index contributed by atoms with van der Waals surface area (Å²) in [6.07, 6.45) is 0. The standard InChI is InChI=1S/C10H15NO5/c1-5(6(2)9(13)14)8(12)11-7(3)10(15)16-4/h7H,1-4H3,(H,11,12)(H,13,14). The lowest BCUT2D eigenvalue weighted by molar-refractivity contribution is -0.144. The molecule has 0 spiro atoms. The van der Waals surface area contributed by atoms with Gasteiger partial charge in [0.05, 0.1) is 7.11 Å². The summed E-state index contributed by atoms with van der Waals surface area (Å²) in [6.45, 7) is 4.15. The van der Waals surface area contributed by atoms with E-state index in [0.29, 0.717) is 0 Å². The van der Waals surface area contributed by atoms with Crippen LogP contribution in [0.3, 0.4) is 0 Å². The predicted octanol–water partition coefficient (Wildman–Crippen LogP) is 0.0851. The second-order valence-corrected chi connectivity index (χ2v) is 3.27. The van der Waals surface area contributed by atoms with Crippen molar-refractivity contribution in [1.82, 2.24) is 5.32 Å². The largest absolute Gasteiger partial charge is 0.478 e. The van der Waals surface area contributed by atoms with Crippen LogP contribution >= 0.6 is 0 Å². The van der Waals surface area contributed by atoms with Crippen molar-refractivity contribution in [3.63, 3.8) is 0 Å². The van der Waals surface area contributed by atoms with Crippen LogP contribution in [0.1, 0.15) is 20.8 Å². The second-order valence-electron chi connectivity index (χ2n) is 3.27. The van der Waals surface area contributed by atoms with Gasteiger partial charge < -0.3 is 15.2 Å². The summed E-state index contributed by atoms with van der Waals surface area (Å²) >= 11 is 0. The normalized spacial score (nSPS) is 13.5. The maximum Gasteiger partial charge on any atom is 0.331 e. The Morgan fingerprint density at radius 1 is 1.19 bits per heavy atom. The number of amides is 1. The fourth-order valence-electron chi connectivity index (χ4n) is 0.871. The van der Waals surface area contributed by atoms with Crippen molar-refractivity contribution in [2.45, 2.75) is 26.8 Å². The highest BCUT2D eigenvalue weighted by atomic mass is 16.5. The van der Waals surface area contributed by atoms with Crippen molar-refractivity contribution >= 4 is 17.8 Å². The summed E-state index contributed by atoms with van der Waals surface area (Å²) in [6, 6.07) is -0.811. The van der Waals surface area contributed by atoms with Crippen molar-refractivity contribution < 1.29 is 24.2 Å². The maximum absolute atomic E-state index is 11.5. The van der Waals surface area contributed by atoms with Gasteiger partial charge in [0.25, 0.3) is 0 Å². The smallest absolute Gasteiger partial charge is 0.331 e. The number of methoxy groups -OCH3 is 1. The second kappa shape index (κ2) is 5.89. The van der Waals surface area contributed by atoms with E-state index in [4.69, 9.17) is 5.11 Å². The van der Waals surface area contributed by atoms with Gasteiger partial charge in [-0.15, -0.1) is 0 Å². The van der Waals surface area contributed by atoms with Crippen molar-refractivity contribution in [1.29, 1.82) is 0 Å². The van der Waals surface area contributed by atoms with Crippen LogP contribution in [0.5, 0.6) is 0 Å². The number of esters is 1. The Balaban J connectivity index is 4.66. The molecule has 0 aliphatic heterocycles. The number of hydrogen-bond donors (Lipinski definition) is 2. The number of carbonyl (C=O) groups excluding carboxylic acids is 2. The Morgan fingerprint density at radius 3 is 2.06 bits per heavy atom. The van der Waals surface area contributed by atoms with Crippen LogP contribution in [-0.4, -0.2) is 36.1 Å². The lowest BCUT2D eigenvalue weighted by atomic mass is 10.1. The molecular formula is C10H15NO5. The van der Waals surface area contributed by atoms with Crippen molar-refractivity contribution in [2.75, 3.05) is 7.11 Å². The molecule has 0 aromatic carbocycles. The summed E-state index contributed by atoms with van der Waals surface area (Å²) in [5, 5.41) is 11.0. The molecule has 0 saturated carbocycles. The molecule has 6 heteroatoms. The minimum atomic E-state index is -1.17. The van der Waals surface area contributed by atoms with E-state index in [9.17, 15) is 14.4 Å². The highest BCUT2D eigenvalue weighted by molar-refractivity contribution is 6.02. The van der Waals surface area contributed by atoms with E-state index >= 15 is 0 Å². The molecular weight excluding hydrogens is 214 g/mol. The van der Waals surface area contributed by atoms with Crippen LogP contribution in [0, 0.1) is 0 Å². The zero-order valence-electron chi connectivity index (χ0n) is 9.66. The van der Waals surface area contributed by atoms with E-state index in [-0.39, 0.29) is 11.1 Å². The molecule has 16 heavy (non-hydrogen) atoms. The van der Waals surface area contributed by atoms with Gasteiger partial charge in [0.2, 0.25) is 5.91 Å². The van der Waals surface area contributed by atoms with Crippen molar-refractivity contribution in [2.24, 2.45) is 0 Å². The molecule has 0 radical (unpaired) electrons. The number of hydrogen-bond acceptors (Lipinski definition) is 4. The van der Waals surface area contributed by atoms with E-state index in [2.05, 4.69) is 10.1 Å². The molecule has 0 fully saturated rings. The SMILES string of the molecule is COC(=O)C(C)NC(=O)C(C)=C(C)C(=O)O. The molecule has 0 rings (SSSR count). The Kier molecular flexibility index (Phi) is 5.21. The fraction of sp³-hybridized carbons (Fsp3) is 0.500. The lowest BCUT2D eigenvalue weighted by Gasteiger charge is -2.12.